The Bertz CT molecular complexity index is 476. The van der Waals surface area contributed by atoms with Crippen LogP contribution in [0.25, 0.3) is 0 Å². The van der Waals surface area contributed by atoms with Crippen molar-refractivity contribution in [3.63, 3.8) is 0 Å². The van der Waals surface area contributed by atoms with Gasteiger partial charge in [-0.1, -0.05) is 56.6 Å². The Morgan fingerprint density at radius 3 is 2.79 bits per heavy atom. The lowest BCUT2D eigenvalue weighted by Gasteiger charge is -2.13. The van der Waals surface area contributed by atoms with Crippen LogP contribution in [0.3, 0.4) is 0 Å². The van der Waals surface area contributed by atoms with E-state index in [9.17, 15) is 14.7 Å². The van der Waals surface area contributed by atoms with Crippen molar-refractivity contribution in [2.75, 3.05) is 0 Å². The van der Waals surface area contributed by atoms with Crippen LogP contribution < -0.4 is 0 Å². The number of carbonyl (C=O) groups is 2. The Kier molecular flexibility index (Phi) is 10.0. The fraction of sp³-hybridized carbons (Fsp3) is 0.600. The summed E-state index contributed by atoms with van der Waals surface area (Å²) in [6.45, 7) is 2.13. The van der Waals surface area contributed by atoms with Gasteiger partial charge in [-0.05, 0) is 37.7 Å². The predicted octanol–water partition coefficient (Wildman–Crippen LogP) is 4.06. The Labute approximate surface area is 145 Å². The number of carboxylic acids is 1. The SMILES string of the molecule is CCCCC[C@@H](O)/C=C/[C@H]1C(=O)C=C[C@H]1C/C=C\CCCC(=O)O. The first kappa shape index (κ1) is 20.4. The first-order chi connectivity index (χ1) is 11.5. The number of carbonyl (C=O) groups excluding carboxylic acids is 1. The van der Waals surface area contributed by atoms with Crippen LogP contribution in [-0.4, -0.2) is 28.1 Å². The van der Waals surface area contributed by atoms with Crippen molar-refractivity contribution in [1.29, 1.82) is 0 Å². The van der Waals surface area contributed by atoms with Gasteiger partial charge in [-0.15, -0.1) is 0 Å². The molecule has 0 saturated heterocycles. The van der Waals surface area contributed by atoms with E-state index in [0.29, 0.717) is 6.42 Å². The third-order valence-electron chi connectivity index (χ3n) is 4.28. The van der Waals surface area contributed by atoms with Crippen LogP contribution in [0.4, 0.5) is 0 Å². The Hall–Kier alpha value is -1.68. The van der Waals surface area contributed by atoms with Gasteiger partial charge < -0.3 is 10.2 Å². The summed E-state index contributed by atoms with van der Waals surface area (Å²) in [5.41, 5.74) is 0. The lowest BCUT2D eigenvalue weighted by Crippen LogP contribution is -2.14. The number of unbranched alkanes of at least 4 members (excludes halogenated alkanes) is 3. The molecule has 0 bridgehead atoms. The molecule has 24 heavy (non-hydrogen) atoms. The van der Waals surface area contributed by atoms with E-state index in [1.807, 2.05) is 24.3 Å². The molecule has 4 nitrogen and oxygen atoms in total. The van der Waals surface area contributed by atoms with Crippen LogP contribution >= 0.6 is 0 Å². The number of hydrogen-bond donors (Lipinski definition) is 2. The number of allylic oxidation sites excluding steroid dienone is 5. The van der Waals surface area contributed by atoms with E-state index in [1.165, 1.54) is 0 Å². The highest BCUT2D eigenvalue weighted by Gasteiger charge is 2.26. The predicted molar refractivity (Wildman–Crippen MR) is 95.7 cm³/mol. The van der Waals surface area contributed by atoms with Gasteiger partial charge in [0.25, 0.3) is 0 Å². The van der Waals surface area contributed by atoms with Crippen LogP contribution in [0.2, 0.25) is 0 Å². The van der Waals surface area contributed by atoms with Crippen molar-refractivity contribution in [3.05, 3.63) is 36.5 Å². The molecule has 0 fully saturated rings. The van der Waals surface area contributed by atoms with Crippen LogP contribution in [0.1, 0.15) is 58.3 Å². The molecule has 0 radical (unpaired) electrons. The standard InChI is InChI=1S/C20H30O4/c1-2-3-6-10-17(21)13-14-18-16(12-15-19(18)22)9-7-4-5-8-11-20(23)24/h4,7,12-18,21H,2-3,5-6,8-11H2,1H3,(H,23,24)/b7-4-,14-13+/t16-,17-,18-/m1/s1. The zero-order valence-corrected chi connectivity index (χ0v) is 14.6. The fourth-order valence-corrected chi connectivity index (χ4v) is 2.81. The summed E-state index contributed by atoms with van der Waals surface area (Å²) in [6, 6.07) is 0. The van der Waals surface area contributed by atoms with Crippen LogP contribution in [-0.2, 0) is 9.59 Å². The molecule has 0 aromatic carbocycles. The number of ketones is 1. The molecule has 0 aromatic heterocycles. The van der Waals surface area contributed by atoms with Crippen LogP contribution in [0.5, 0.6) is 0 Å². The summed E-state index contributed by atoms with van der Waals surface area (Å²) in [6.07, 6.45) is 17.0. The first-order valence-electron chi connectivity index (χ1n) is 8.99. The molecule has 1 aliphatic carbocycles. The number of rotatable bonds is 12. The van der Waals surface area contributed by atoms with E-state index in [-0.39, 0.29) is 24.0 Å². The van der Waals surface area contributed by atoms with Crippen LogP contribution in [0, 0.1) is 11.8 Å². The minimum absolute atomic E-state index is 0.0938. The maximum Gasteiger partial charge on any atom is 0.303 e. The maximum absolute atomic E-state index is 12.0. The van der Waals surface area contributed by atoms with E-state index in [1.54, 1.807) is 12.2 Å². The second-order valence-electron chi connectivity index (χ2n) is 6.39. The summed E-state index contributed by atoms with van der Waals surface area (Å²) in [7, 11) is 0. The maximum atomic E-state index is 12.0. The lowest BCUT2D eigenvalue weighted by molar-refractivity contribution is -0.137. The number of aliphatic hydroxyl groups excluding tert-OH is 1. The molecule has 1 rings (SSSR count). The quantitative estimate of drug-likeness (QED) is 0.417. The molecular formula is C20H30O4. The molecule has 0 amide bonds. The van der Waals surface area contributed by atoms with Gasteiger partial charge in [0.05, 0.1) is 6.10 Å². The third-order valence-corrected chi connectivity index (χ3v) is 4.28. The second kappa shape index (κ2) is 11.8. The molecule has 0 saturated carbocycles. The Morgan fingerprint density at radius 2 is 2.08 bits per heavy atom. The van der Waals surface area contributed by atoms with Gasteiger partial charge in [0.2, 0.25) is 0 Å². The summed E-state index contributed by atoms with van der Waals surface area (Å²) in [4.78, 5) is 22.4. The Morgan fingerprint density at radius 1 is 1.29 bits per heavy atom. The molecule has 0 heterocycles. The first-order valence-corrected chi connectivity index (χ1v) is 8.99. The van der Waals surface area contributed by atoms with Crippen LogP contribution in [0.15, 0.2) is 36.5 Å². The summed E-state index contributed by atoms with van der Waals surface area (Å²) in [5.74, 6) is -0.728. The van der Waals surface area contributed by atoms with Gasteiger partial charge in [-0.2, -0.15) is 0 Å². The summed E-state index contributed by atoms with van der Waals surface area (Å²) < 4.78 is 0. The number of aliphatic carboxylic acids is 1. The van der Waals surface area contributed by atoms with Crippen molar-refractivity contribution < 1.29 is 19.8 Å². The zero-order chi connectivity index (χ0) is 17.8. The van der Waals surface area contributed by atoms with Crippen molar-refractivity contribution >= 4 is 11.8 Å². The van der Waals surface area contributed by atoms with E-state index in [2.05, 4.69) is 6.92 Å². The zero-order valence-electron chi connectivity index (χ0n) is 14.6. The molecule has 4 heteroatoms. The van der Waals surface area contributed by atoms with Crippen molar-refractivity contribution in [1.82, 2.24) is 0 Å². The highest BCUT2D eigenvalue weighted by atomic mass is 16.4. The minimum atomic E-state index is -0.768. The minimum Gasteiger partial charge on any atom is -0.481 e. The normalized spacial score (nSPS) is 22.0. The van der Waals surface area contributed by atoms with Crippen molar-refractivity contribution in [2.45, 2.75) is 64.4 Å². The van der Waals surface area contributed by atoms with E-state index >= 15 is 0 Å². The molecule has 0 aromatic rings. The van der Waals surface area contributed by atoms with Gasteiger partial charge in [0.1, 0.15) is 0 Å². The molecule has 0 spiro atoms. The average Bonchev–Trinajstić information content (AvgIpc) is 2.89. The fourth-order valence-electron chi connectivity index (χ4n) is 2.81. The van der Waals surface area contributed by atoms with Gasteiger partial charge in [-0.25, -0.2) is 0 Å². The Balaban J connectivity index is 2.38. The topological polar surface area (TPSA) is 74.6 Å². The highest BCUT2D eigenvalue weighted by molar-refractivity contribution is 5.95. The van der Waals surface area contributed by atoms with Gasteiger partial charge >= 0.3 is 5.97 Å². The molecule has 1 aliphatic rings. The van der Waals surface area contributed by atoms with E-state index < -0.39 is 12.1 Å². The summed E-state index contributed by atoms with van der Waals surface area (Å²) >= 11 is 0. The average molecular weight is 334 g/mol. The second-order valence-corrected chi connectivity index (χ2v) is 6.39. The van der Waals surface area contributed by atoms with Crippen molar-refractivity contribution in [3.8, 4) is 0 Å². The number of aliphatic hydroxyl groups is 1. The molecular weight excluding hydrogens is 304 g/mol. The molecule has 0 unspecified atom stereocenters. The molecule has 0 aliphatic heterocycles. The van der Waals surface area contributed by atoms with Gasteiger partial charge in [-0.3, -0.25) is 9.59 Å². The van der Waals surface area contributed by atoms with Gasteiger partial charge in [0, 0.05) is 12.3 Å². The molecule has 134 valence electrons. The number of carboxylic acid groups (broad SMARTS) is 1. The molecule has 2 N–H and O–H groups in total. The highest BCUT2D eigenvalue weighted by Crippen LogP contribution is 2.27. The van der Waals surface area contributed by atoms with Gasteiger partial charge in [0.15, 0.2) is 5.78 Å². The number of hydrogen-bond acceptors (Lipinski definition) is 3. The van der Waals surface area contributed by atoms with E-state index in [0.717, 1.165) is 38.5 Å². The summed E-state index contributed by atoms with van der Waals surface area (Å²) in [5, 5.41) is 18.5. The third kappa shape index (κ3) is 8.25. The monoisotopic (exact) mass is 334 g/mol. The van der Waals surface area contributed by atoms with E-state index in [4.69, 9.17) is 5.11 Å². The lowest BCUT2D eigenvalue weighted by atomic mass is 9.90. The largest absolute Gasteiger partial charge is 0.481 e. The molecule has 3 atom stereocenters. The van der Waals surface area contributed by atoms with Crippen molar-refractivity contribution in [2.24, 2.45) is 11.8 Å². The smallest absolute Gasteiger partial charge is 0.303 e.